The molecule has 1 saturated heterocycles. The number of ether oxygens (including phenoxy) is 1. The molecule has 1 aromatic carbocycles. The van der Waals surface area contributed by atoms with Gasteiger partial charge < -0.3 is 9.64 Å². The largest absolute Gasteiger partial charge is 0.476 e. The molecule has 2 aromatic heterocycles. The molecule has 0 unspecified atom stereocenters. The van der Waals surface area contributed by atoms with Crippen molar-refractivity contribution in [2.45, 2.75) is 45.1 Å². The Balaban J connectivity index is 1.33. The Hall–Kier alpha value is -2.49. The van der Waals surface area contributed by atoms with E-state index in [9.17, 15) is 9.59 Å². The van der Waals surface area contributed by atoms with Gasteiger partial charge in [0.1, 0.15) is 11.4 Å². The summed E-state index contributed by atoms with van der Waals surface area (Å²) >= 11 is 9.11. The molecule has 174 valence electrons. The zero-order valence-corrected chi connectivity index (χ0v) is 21.0. The predicted molar refractivity (Wildman–Crippen MR) is 132 cm³/mol. The van der Waals surface area contributed by atoms with Crippen LogP contribution in [0.3, 0.4) is 0 Å². The molecule has 3 heterocycles. The average Bonchev–Trinajstić information content (AvgIpc) is 3.44. The van der Waals surface area contributed by atoms with Crippen molar-refractivity contribution in [3.05, 3.63) is 56.4 Å². The molecule has 7 nitrogen and oxygen atoms in total. The number of amides is 2. The molecule has 2 amide bonds. The summed E-state index contributed by atoms with van der Waals surface area (Å²) in [5.41, 5.74) is -0.631. The van der Waals surface area contributed by atoms with Gasteiger partial charge in [-0.15, -0.1) is 22.7 Å². The number of likely N-dealkylation sites (tertiary alicyclic amines) is 1. The minimum Gasteiger partial charge on any atom is -0.476 e. The van der Waals surface area contributed by atoms with Gasteiger partial charge in [0.05, 0.1) is 10.0 Å². The topological polar surface area (TPSA) is 84.4 Å². The zero-order chi connectivity index (χ0) is 23.6. The fraction of sp³-hybridized carbons (Fsp3) is 0.391. The van der Waals surface area contributed by atoms with E-state index in [4.69, 9.17) is 16.3 Å². The SMILES string of the molecule is Cc1cnc(NC(=O)c2csc(C3CCN(C(=O)C(C)(C)Oc4ccccc4Cl)CC3)n2)s1. The predicted octanol–water partition coefficient (Wildman–Crippen LogP) is 5.38. The number of nitrogens with one attached hydrogen (secondary N) is 1. The number of hydrogen-bond acceptors (Lipinski definition) is 7. The van der Waals surface area contributed by atoms with Crippen LogP contribution in [-0.4, -0.2) is 45.4 Å². The van der Waals surface area contributed by atoms with E-state index >= 15 is 0 Å². The highest BCUT2D eigenvalue weighted by atomic mass is 35.5. The molecule has 33 heavy (non-hydrogen) atoms. The standard InChI is InChI=1S/C23H25ClN4O3S2/c1-14-12-25-22(33-14)27-19(29)17-13-32-20(26-17)15-8-10-28(11-9-15)21(30)23(2,3)31-18-7-5-4-6-16(18)24/h4-7,12-13,15H,8-11H2,1-3H3,(H,25,27,29). The summed E-state index contributed by atoms with van der Waals surface area (Å²) in [5, 5.41) is 6.55. The normalized spacial score (nSPS) is 14.8. The maximum Gasteiger partial charge on any atom is 0.276 e. The number of aromatic nitrogens is 2. The number of carbonyl (C=O) groups excluding carboxylic acids is 2. The Morgan fingerprint density at radius 1 is 1.24 bits per heavy atom. The van der Waals surface area contributed by atoms with Crippen LogP contribution in [0, 0.1) is 6.92 Å². The van der Waals surface area contributed by atoms with Crippen LogP contribution >= 0.6 is 34.3 Å². The molecule has 0 bridgehead atoms. The van der Waals surface area contributed by atoms with E-state index in [2.05, 4.69) is 15.3 Å². The van der Waals surface area contributed by atoms with Crippen LogP contribution in [0.25, 0.3) is 0 Å². The van der Waals surface area contributed by atoms with Crippen molar-refractivity contribution in [1.82, 2.24) is 14.9 Å². The van der Waals surface area contributed by atoms with Crippen molar-refractivity contribution in [3.63, 3.8) is 0 Å². The van der Waals surface area contributed by atoms with Crippen molar-refractivity contribution >= 4 is 51.2 Å². The van der Waals surface area contributed by atoms with E-state index in [0.717, 1.165) is 22.7 Å². The van der Waals surface area contributed by atoms with Crippen LogP contribution in [-0.2, 0) is 4.79 Å². The third-order valence-electron chi connectivity index (χ3n) is 5.44. The number of halogens is 1. The summed E-state index contributed by atoms with van der Waals surface area (Å²) in [6, 6.07) is 7.15. The number of rotatable bonds is 6. The summed E-state index contributed by atoms with van der Waals surface area (Å²) in [4.78, 5) is 37.2. The van der Waals surface area contributed by atoms with Crippen molar-refractivity contribution in [2.75, 3.05) is 18.4 Å². The highest BCUT2D eigenvalue weighted by Crippen LogP contribution is 2.33. The molecule has 0 atom stereocenters. The fourth-order valence-corrected chi connectivity index (χ4v) is 5.51. The molecular weight excluding hydrogens is 480 g/mol. The second kappa shape index (κ2) is 9.79. The molecule has 0 aliphatic carbocycles. The van der Waals surface area contributed by atoms with Gasteiger partial charge in [-0.05, 0) is 45.7 Å². The van der Waals surface area contributed by atoms with E-state index in [0.29, 0.717) is 34.7 Å². The van der Waals surface area contributed by atoms with Crippen molar-refractivity contribution in [2.24, 2.45) is 0 Å². The highest BCUT2D eigenvalue weighted by Gasteiger charge is 2.37. The maximum atomic E-state index is 13.1. The van der Waals surface area contributed by atoms with Crippen molar-refractivity contribution < 1.29 is 14.3 Å². The van der Waals surface area contributed by atoms with Gasteiger partial charge in [0.25, 0.3) is 11.8 Å². The molecule has 10 heteroatoms. The molecule has 1 aliphatic heterocycles. The Morgan fingerprint density at radius 2 is 1.97 bits per heavy atom. The van der Waals surface area contributed by atoms with E-state index in [1.807, 2.05) is 24.0 Å². The Morgan fingerprint density at radius 3 is 2.64 bits per heavy atom. The molecule has 0 spiro atoms. The second-order valence-corrected chi connectivity index (χ2v) is 10.9. The minimum atomic E-state index is -1.03. The molecule has 1 N–H and O–H groups in total. The van der Waals surface area contributed by atoms with Crippen molar-refractivity contribution in [3.8, 4) is 5.75 Å². The Labute approximate surface area is 205 Å². The van der Waals surface area contributed by atoms with Gasteiger partial charge in [0.15, 0.2) is 10.7 Å². The summed E-state index contributed by atoms with van der Waals surface area (Å²) < 4.78 is 5.96. The minimum absolute atomic E-state index is 0.0705. The monoisotopic (exact) mass is 504 g/mol. The number of hydrogen-bond donors (Lipinski definition) is 1. The first-order chi connectivity index (χ1) is 15.7. The number of benzene rings is 1. The van der Waals surface area contributed by atoms with E-state index < -0.39 is 5.60 Å². The number of carbonyl (C=O) groups is 2. The van der Waals surface area contributed by atoms with Crippen LogP contribution in [0.15, 0.2) is 35.8 Å². The number of para-hydroxylation sites is 1. The number of nitrogens with zero attached hydrogens (tertiary/aromatic N) is 3. The third kappa shape index (κ3) is 5.54. The van der Waals surface area contributed by atoms with Gasteiger partial charge in [-0.25, -0.2) is 9.97 Å². The first-order valence-electron chi connectivity index (χ1n) is 10.6. The van der Waals surface area contributed by atoms with Gasteiger partial charge in [0, 0.05) is 35.5 Å². The summed E-state index contributed by atoms with van der Waals surface area (Å²) in [6.45, 7) is 6.69. The lowest BCUT2D eigenvalue weighted by molar-refractivity contribution is -0.146. The van der Waals surface area contributed by atoms with Crippen LogP contribution in [0.5, 0.6) is 5.75 Å². The van der Waals surface area contributed by atoms with Gasteiger partial charge in [-0.2, -0.15) is 0 Å². The van der Waals surface area contributed by atoms with Crippen LogP contribution in [0.2, 0.25) is 5.02 Å². The molecule has 0 radical (unpaired) electrons. The molecule has 0 saturated carbocycles. The lowest BCUT2D eigenvalue weighted by Gasteiger charge is -2.36. The van der Waals surface area contributed by atoms with Gasteiger partial charge in [-0.1, -0.05) is 23.7 Å². The van der Waals surface area contributed by atoms with Crippen LogP contribution in [0.1, 0.15) is 53.0 Å². The fourth-order valence-electron chi connectivity index (χ4n) is 3.71. The van der Waals surface area contributed by atoms with E-state index in [-0.39, 0.29) is 17.7 Å². The lowest BCUT2D eigenvalue weighted by atomic mass is 9.96. The zero-order valence-electron chi connectivity index (χ0n) is 18.6. The number of anilines is 1. The molecule has 1 fully saturated rings. The third-order valence-corrected chi connectivity index (χ3v) is 7.59. The number of piperidine rings is 1. The number of aryl methyl sites for hydroxylation is 1. The van der Waals surface area contributed by atoms with E-state index in [1.54, 1.807) is 37.6 Å². The van der Waals surface area contributed by atoms with E-state index in [1.165, 1.54) is 22.7 Å². The van der Waals surface area contributed by atoms with Crippen LogP contribution in [0.4, 0.5) is 5.13 Å². The smallest absolute Gasteiger partial charge is 0.276 e. The van der Waals surface area contributed by atoms with Crippen LogP contribution < -0.4 is 10.1 Å². The lowest BCUT2D eigenvalue weighted by Crippen LogP contribution is -2.51. The molecule has 3 aromatic rings. The first kappa shape index (κ1) is 23.7. The Kier molecular flexibility index (Phi) is 7.02. The summed E-state index contributed by atoms with van der Waals surface area (Å²) in [5.74, 6) is 0.390. The first-order valence-corrected chi connectivity index (χ1v) is 12.7. The molecular formula is C23H25ClN4O3S2. The quantitative estimate of drug-likeness (QED) is 0.487. The number of thiazole rings is 2. The summed E-state index contributed by atoms with van der Waals surface area (Å²) in [7, 11) is 0. The maximum absolute atomic E-state index is 13.1. The average molecular weight is 505 g/mol. The Bertz CT molecular complexity index is 1150. The highest BCUT2D eigenvalue weighted by molar-refractivity contribution is 7.15. The van der Waals surface area contributed by atoms with Gasteiger partial charge >= 0.3 is 0 Å². The molecule has 1 aliphatic rings. The second-order valence-electron chi connectivity index (χ2n) is 8.41. The summed E-state index contributed by atoms with van der Waals surface area (Å²) in [6.07, 6.45) is 3.30. The van der Waals surface area contributed by atoms with Crippen molar-refractivity contribution in [1.29, 1.82) is 0 Å². The molecule has 4 rings (SSSR count). The van der Waals surface area contributed by atoms with Gasteiger partial charge in [0.2, 0.25) is 0 Å². The van der Waals surface area contributed by atoms with Gasteiger partial charge in [-0.3, -0.25) is 14.9 Å².